The zero-order valence-electron chi connectivity index (χ0n) is 12.9. The minimum absolute atomic E-state index is 0.0569. The monoisotopic (exact) mass is 314 g/mol. The number of halogens is 3. The topological polar surface area (TPSA) is 58.9 Å². The van der Waals surface area contributed by atoms with Crippen LogP contribution in [0.1, 0.15) is 43.7 Å². The molecule has 0 amide bonds. The highest BCUT2D eigenvalue weighted by molar-refractivity contribution is 5.83. The zero-order valence-corrected chi connectivity index (χ0v) is 12.9. The molecular weight excluding hydrogens is 293 g/mol. The largest absolute Gasteiger partial charge is 0.417 e. The minimum Gasteiger partial charge on any atom is -0.333 e. The van der Waals surface area contributed by atoms with Crippen LogP contribution in [0.15, 0.2) is 29.1 Å². The predicted molar refractivity (Wildman–Crippen MR) is 83.0 cm³/mol. The summed E-state index contributed by atoms with van der Waals surface area (Å²) in [6, 6.07) is 5.51. The maximum Gasteiger partial charge on any atom is 0.417 e. The van der Waals surface area contributed by atoms with Gasteiger partial charge in [0, 0.05) is 17.0 Å². The number of pyridine rings is 1. The van der Waals surface area contributed by atoms with E-state index in [2.05, 4.69) is 10.7 Å². The molecule has 1 heterocycles. The molecule has 0 aliphatic heterocycles. The number of rotatable bonds is 3. The van der Waals surface area contributed by atoms with Crippen molar-refractivity contribution in [1.82, 2.24) is 4.98 Å². The van der Waals surface area contributed by atoms with Crippen LogP contribution in [0.5, 0.6) is 0 Å². The Morgan fingerprint density at radius 2 is 1.73 bits per heavy atom. The molecule has 3 nitrogen and oxygen atoms in total. The number of hydrogen-bond donors (Lipinski definition) is 2. The Morgan fingerprint density at radius 3 is 2.23 bits per heavy atom. The van der Waals surface area contributed by atoms with E-state index in [1.807, 2.05) is 13.8 Å². The fourth-order valence-corrected chi connectivity index (χ4v) is 2.52. The first kappa shape index (κ1) is 18.2. The molecule has 2 rings (SSSR count). The lowest BCUT2D eigenvalue weighted by Crippen LogP contribution is -2.14. The van der Waals surface area contributed by atoms with Crippen LogP contribution in [0.25, 0.3) is 10.9 Å². The van der Waals surface area contributed by atoms with Crippen LogP contribution >= 0.6 is 0 Å². The molecule has 2 aromatic rings. The second kappa shape index (κ2) is 7.45. The first-order valence-corrected chi connectivity index (χ1v) is 7.18. The van der Waals surface area contributed by atoms with Crippen LogP contribution in [0.3, 0.4) is 0 Å². The molecule has 0 saturated carbocycles. The van der Waals surface area contributed by atoms with Crippen molar-refractivity contribution in [3.05, 3.63) is 45.7 Å². The van der Waals surface area contributed by atoms with Crippen LogP contribution in [0, 0.1) is 0 Å². The van der Waals surface area contributed by atoms with Gasteiger partial charge in [0.1, 0.15) is 0 Å². The molecule has 0 unspecified atom stereocenters. The van der Waals surface area contributed by atoms with Gasteiger partial charge in [0.05, 0.1) is 5.56 Å². The van der Waals surface area contributed by atoms with Crippen LogP contribution in [-0.4, -0.2) is 12.0 Å². The number of benzene rings is 1. The van der Waals surface area contributed by atoms with Gasteiger partial charge in [0.25, 0.3) is 0 Å². The van der Waals surface area contributed by atoms with E-state index in [0.29, 0.717) is 6.07 Å². The first-order valence-electron chi connectivity index (χ1n) is 7.18. The lowest BCUT2D eigenvalue weighted by Gasteiger charge is -2.15. The number of aromatic nitrogens is 1. The van der Waals surface area contributed by atoms with E-state index >= 15 is 0 Å². The number of fused-ring (bicyclic) bond motifs is 1. The Bertz CT molecular complexity index is 673. The summed E-state index contributed by atoms with van der Waals surface area (Å²) < 4.78 is 39.1. The summed E-state index contributed by atoms with van der Waals surface area (Å²) in [7, 11) is 1.50. The average Bonchev–Trinajstić information content (AvgIpc) is 2.49. The van der Waals surface area contributed by atoms with E-state index in [9.17, 15) is 18.0 Å². The maximum atomic E-state index is 13.0. The van der Waals surface area contributed by atoms with Gasteiger partial charge in [-0.2, -0.15) is 13.2 Å². The Kier molecular flexibility index (Phi) is 6.17. The van der Waals surface area contributed by atoms with Crippen molar-refractivity contribution in [3.63, 3.8) is 0 Å². The summed E-state index contributed by atoms with van der Waals surface area (Å²) in [5.41, 5.74) is 3.99. The third-order valence-electron chi connectivity index (χ3n) is 3.63. The summed E-state index contributed by atoms with van der Waals surface area (Å²) in [4.78, 5) is 13.8. The van der Waals surface area contributed by atoms with Gasteiger partial charge in [0.2, 0.25) is 5.56 Å². The molecule has 0 atom stereocenters. The first-order chi connectivity index (χ1) is 10.4. The molecule has 0 fully saturated rings. The van der Waals surface area contributed by atoms with E-state index in [1.54, 1.807) is 18.2 Å². The van der Waals surface area contributed by atoms with Gasteiger partial charge >= 0.3 is 6.18 Å². The second-order valence-corrected chi connectivity index (χ2v) is 4.86. The third kappa shape index (κ3) is 3.88. The standard InChI is InChI=1S/C15H16F3NO.CH5N/c1-3-9(4-2)10-5-6-13-11(7-10)12(15(16,17)18)8-14(20)19-13;1-2/h5-9H,3-4H2,1-2H3,(H,19,20);2H2,1H3. The molecule has 0 saturated heterocycles. The summed E-state index contributed by atoms with van der Waals surface area (Å²) in [5, 5.41) is 0.0569. The van der Waals surface area contributed by atoms with E-state index in [-0.39, 0.29) is 16.8 Å². The smallest absolute Gasteiger partial charge is 0.333 e. The molecule has 3 N–H and O–H groups in total. The SMILES string of the molecule is CCC(CC)c1ccc2[nH]c(=O)cc(C(F)(F)F)c2c1.CN. The molecule has 1 aromatic carbocycles. The molecule has 122 valence electrons. The van der Waals surface area contributed by atoms with E-state index in [4.69, 9.17) is 0 Å². The van der Waals surface area contributed by atoms with Crippen molar-refractivity contribution >= 4 is 10.9 Å². The van der Waals surface area contributed by atoms with Crippen LogP contribution in [0.2, 0.25) is 0 Å². The lowest BCUT2D eigenvalue weighted by molar-refractivity contribution is -0.136. The van der Waals surface area contributed by atoms with E-state index < -0.39 is 17.3 Å². The van der Waals surface area contributed by atoms with Crippen molar-refractivity contribution in [2.24, 2.45) is 5.73 Å². The molecule has 6 heteroatoms. The van der Waals surface area contributed by atoms with Crippen molar-refractivity contribution in [3.8, 4) is 0 Å². The van der Waals surface area contributed by atoms with Crippen molar-refractivity contribution in [1.29, 1.82) is 0 Å². The number of aromatic amines is 1. The number of nitrogens with one attached hydrogen (secondary N) is 1. The van der Waals surface area contributed by atoms with Gasteiger partial charge in [-0.15, -0.1) is 0 Å². The van der Waals surface area contributed by atoms with Gasteiger partial charge in [-0.3, -0.25) is 4.79 Å². The summed E-state index contributed by atoms with van der Waals surface area (Å²) in [5.74, 6) is 0.229. The van der Waals surface area contributed by atoms with Crippen LogP contribution < -0.4 is 11.3 Å². The summed E-state index contributed by atoms with van der Waals surface area (Å²) in [6.45, 7) is 4.02. The third-order valence-corrected chi connectivity index (χ3v) is 3.63. The Labute approximate surface area is 127 Å². The van der Waals surface area contributed by atoms with Gasteiger partial charge in [0.15, 0.2) is 0 Å². The Hall–Kier alpha value is -1.82. The Balaban J connectivity index is 0.00000116. The molecular formula is C16H21F3N2O. The molecule has 1 aromatic heterocycles. The quantitative estimate of drug-likeness (QED) is 0.898. The molecule has 0 bridgehead atoms. The van der Waals surface area contributed by atoms with Crippen molar-refractivity contribution < 1.29 is 13.2 Å². The van der Waals surface area contributed by atoms with E-state index in [0.717, 1.165) is 18.4 Å². The molecule has 0 aliphatic rings. The lowest BCUT2D eigenvalue weighted by atomic mass is 9.92. The fraction of sp³-hybridized carbons (Fsp3) is 0.438. The normalized spacial score (nSPS) is 11.5. The molecule has 22 heavy (non-hydrogen) atoms. The maximum absolute atomic E-state index is 13.0. The van der Waals surface area contributed by atoms with Crippen molar-refractivity contribution in [2.45, 2.75) is 38.8 Å². The molecule has 0 spiro atoms. The van der Waals surface area contributed by atoms with Crippen LogP contribution in [0.4, 0.5) is 13.2 Å². The second-order valence-electron chi connectivity index (χ2n) is 4.86. The number of hydrogen-bond acceptors (Lipinski definition) is 2. The molecule has 0 aliphatic carbocycles. The Morgan fingerprint density at radius 1 is 1.14 bits per heavy atom. The van der Waals surface area contributed by atoms with Crippen LogP contribution in [-0.2, 0) is 6.18 Å². The van der Waals surface area contributed by atoms with Crippen molar-refractivity contribution in [2.75, 3.05) is 7.05 Å². The predicted octanol–water partition coefficient (Wildman–Crippen LogP) is 4.03. The minimum atomic E-state index is -4.53. The average molecular weight is 314 g/mol. The summed E-state index contributed by atoms with van der Waals surface area (Å²) in [6.07, 6.45) is -2.79. The summed E-state index contributed by atoms with van der Waals surface area (Å²) >= 11 is 0. The number of H-pyrrole nitrogens is 1. The number of nitrogens with two attached hydrogens (primary N) is 1. The zero-order chi connectivity index (χ0) is 16.9. The number of alkyl halides is 3. The van der Waals surface area contributed by atoms with Gasteiger partial charge < -0.3 is 10.7 Å². The van der Waals surface area contributed by atoms with Gasteiger partial charge in [-0.25, -0.2) is 0 Å². The highest BCUT2D eigenvalue weighted by Crippen LogP contribution is 2.35. The highest BCUT2D eigenvalue weighted by atomic mass is 19.4. The van der Waals surface area contributed by atoms with Gasteiger partial charge in [-0.05, 0) is 43.5 Å². The van der Waals surface area contributed by atoms with E-state index in [1.165, 1.54) is 7.05 Å². The molecule has 0 radical (unpaired) electrons. The van der Waals surface area contributed by atoms with Gasteiger partial charge in [-0.1, -0.05) is 19.9 Å². The fourth-order valence-electron chi connectivity index (χ4n) is 2.52. The highest BCUT2D eigenvalue weighted by Gasteiger charge is 2.33.